The minimum Gasteiger partial charge on any atom is -0.482 e. The molecule has 0 N–H and O–H groups in total. The summed E-state index contributed by atoms with van der Waals surface area (Å²) < 4.78 is 5.91. The van der Waals surface area contributed by atoms with Crippen LogP contribution in [0.25, 0.3) is 10.8 Å². The van der Waals surface area contributed by atoms with Crippen LogP contribution in [0.15, 0.2) is 60.7 Å². The molecule has 1 heterocycles. The van der Waals surface area contributed by atoms with E-state index >= 15 is 0 Å². The van der Waals surface area contributed by atoms with Crippen molar-refractivity contribution in [3.05, 3.63) is 77.4 Å². The Balaban J connectivity index is 1.68. The minimum atomic E-state index is -0.413. The summed E-state index contributed by atoms with van der Waals surface area (Å²) in [5, 5.41) is 2.37. The third kappa shape index (κ3) is 2.08. The van der Waals surface area contributed by atoms with Gasteiger partial charge in [-0.3, -0.25) is 4.79 Å². The molecule has 0 fully saturated rings. The van der Waals surface area contributed by atoms with Gasteiger partial charge in [-0.15, -0.1) is 0 Å². The summed E-state index contributed by atoms with van der Waals surface area (Å²) in [5.41, 5.74) is 3.01. The number of Topliss-reactive ketones (excluding diaryl/α,β-unsaturated/α-hetero) is 1. The van der Waals surface area contributed by atoms with Gasteiger partial charge in [-0.25, -0.2) is 0 Å². The van der Waals surface area contributed by atoms with E-state index in [2.05, 4.69) is 12.1 Å². The zero-order valence-corrected chi connectivity index (χ0v) is 12.4. The summed E-state index contributed by atoms with van der Waals surface area (Å²) in [5.74, 6) is 0.893. The van der Waals surface area contributed by atoms with Crippen molar-refractivity contribution in [1.29, 1.82) is 0 Å². The quantitative estimate of drug-likeness (QED) is 0.656. The molecule has 22 heavy (non-hydrogen) atoms. The molecule has 0 aliphatic carbocycles. The van der Waals surface area contributed by atoms with E-state index in [1.165, 1.54) is 10.8 Å². The molecule has 1 aliphatic rings. The molecule has 108 valence electrons. The molecule has 1 aliphatic heterocycles. The maximum absolute atomic E-state index is 12.6. The number of carbonyl (C=O) groups is 1. The van der Waals surface area contributed by atoms with Crippen LogP contribution in [0, 0.1) is 6.92 Å². The first-order chi connectivity index (χ1) is 10.7. The van der Waals surface area contributed by atoms with Crippen molar-refractivity contribution < 1.29 is 9.53 Å². The predicted molar refractivity (Wildman–Crippen MR) is 87.6 cm³/mol. The normalized spacial score (nSPS) is 16.3. The highest BCUT2D eigenvalue weighted by Crippen LogP contribution is 2.35. The van der Waals surface area contributed by atoms with E-state index in [0.717, 1.165) is 16.9 Å². The molecule has 4 rings (SSSR count). The van der Waals surface area contributed by atoms with Gasteiger partial charge in [0.05, 0.1) is 0 Å². The topological polar surface area (TPSA) is 26.3 Å². The van der Waals surface area contributed by atoms with Gasteiger partial charge in [0.2, 0.25) is 5.78 Å². The maximum atomic E-state index is 12.6. The summed E-state index contributed by atoms with van der Waals surface area (Å²) in [6.45, 7) is 2.02. The standard InChI is InChI=1S/C20H16O2/c1-13-6-8-15(9-7-13)20(21)19-12-17-16-5-3-2-4-14(16)10-11-18(17)22-19/h2-11,19H,12H2,1H3/t19-/m0/s1. The van der Waals surface area contributed by atoms with Crippen molar-refractivity contribution in [3.63, 3.8) is 0 Å². The van der Waals surface area contributed by atoms with Crippen LogP contribution < -0.4 is 4.74 Å². The molecule has 2 nitrogen and oxygen atoms in total. The number of ketones is 1. The van der Waals surface area contributed by atoms with Crippen LogP contribution in [0.1, 0.15) is 21.5 Å². The van der Waals surface area contributed by atoms with Gasteiger partial charge in [-0.1, -0.05) is 60.2 Å². The van der Waals surface area contributed by atoms with Crippen molar-refractivity contribution >= 4 is 16.6 Å². The largest absolute Gasteiger partial charge is 0.482 e. The van der Waals surface area contributed by atoms with E-state index in [1.54, 1.807) is 0 Å². The fourth-order valence-corrected chi connectivity index (χ4v) is 3.07. The Hall–Kier alpha value is -2.61. The molecule has 3 aromatic carbocycles. The first kappa shape index (κ1) is 13.1. The van der Waals surface area contributed by atoms with Gasteiger partial charge in [-0.05, 0) is 23.8 Å². The molecule has 0 bridgehead atoms. The lowest BCUT2D eigenvalue weighted by Crippen LogP contribution is -2.25. The number of hydrogen-bond acceptors (Lipinski definition) is 2. The van der Waals surface area contributed by atoms with Crippen molar-refractivity contribution in [1.82, 2.24) is 0 Å². The van der Waals surface area contributed by atoms with Crippen LogP contribution in [0.3, 0.4) is 0 Å². The van der Waals surface area contributed by atoms with Crippen LogP contribution in [0.5, 0.6) is 5.75 Å². The summed E-state index contributed by atoms with van der Waals surface area (Å²) >= 11 is 0. The van der Waals surface area contributed by atoms with E-state index in [0.29, 0.717) is 12.0 Å². The van der Waals surface area contributed by atoms with Crippen LogP contribution in [-0.2, 0) is 6.42 Å². The number of aryl methyl sites for hydroxylation is 1. The van der Waals surface area contributed by atoms with Crippen LogP contribution in [-0.4, -0.2) is 11.9 Å². The maximum Gasteiger partial charge on any atom is 0.203 e. The lowest BCUT2D eigenvalue weighted by atomic mass is 9.97. The van der Waals surface area contributed by atoms with E-state index in [-0.39, 0.29) is 5.78 Å². The summed E-state index contributed by atoms with van der Waals surface area (Å²) in [4.78, 5) is 12.6. The van der Waals surface area contributed by atoms with E-state index < -0.39 is 6.10 Å². The van der Waals surface area contributed by atoms with Crippen molar-refractivity contribution in [3.8, 4) is 5.75 Å². The Morgan fingerprint density at radius 2 is 1.77 bits per heavy atom. The third-order valence-corrected chi connectivity index (χ3v) is 4.28. The number of carbonyl (C=O) groups excluding carboxylic acids is 1. The van der Waals surface area contributed by atoms with Gasteiger partial charge in [-0.2, -0.15) is 0 Å². The molecule has 3 aromatic rings. The SMILES string of the molecule is Cc1ccc(C(=O)[C@@H]2Cc3c(ccc4ccccc34)O2)cc1. The monoisotopic (exact) mass is 288 g/mol. The Morgan fingerprint density at radius 1 is 1.00 bits per heavy atom. The molecule has 0 saturated carbocycles. The molecule has 0 unspecified atom stereocenters. The fraction of sp³-hybridized carbons (Fsp3) is 0.150. The molecule has 1 atom stereocenters. The van der Waals surface area contributed by atoms with Gasteiger partial charge >= 0.3 is 0 Å². The highest BCUT2D eigenvalue weighted by atomic mass is 16.5. The molecule has 0 saturated heterocycles. The predicted octanol–water partition coefficient (Wildman–Crippen LogP) is 4.33. The zero-order valence-electron chi connectivity index (χ0n) is 12.4. The average Bonchev–Trinajstić information content (AvgIpc) is 2.99. The molecular formula is C20H16O2. The van der Waals surface area contributed by atoms with Crippen LogP contribution >= 0.6 is 0 Å². The summed E-state index contributed by atoms with van der Waals surface area (Å²) in [6.07, 6.45) is 0.229. The van der Waals surface area contributed by atoms with Crippen molar-refractivity contribution in [2.24, 2.45) is 0 Å². The van der Waals surface area contributed by atoms with Crippen molar-refractivity contribution in [2.45, 2.75) is 19.4 Å². The number of hydrogen-bond donors (Lipinski definition) is 0. The first-order valence-corrected chi connectivity index (χ1v) is 7.50. The van der Waals surface area contributed by atoms with Crippen molar-refractivity contribution in [2.75, 3.05) is 0 Å². The van der Waals surface area contributed by atoms with Gasteiger partial charge < -0.3 is 4.74 Å². The Bertz CT molecular complexity index is 863. The summed E-state index contributed by atoms with van der Waals surface area (Å²) in [6, 6.07) is 19.9. The second-order valence-electron chi connectivity index (χ2n) is 5.80. The van der Waals surface area contributed by atoms with Gasteiger partial charge in [0.25, 0.3) is 0 Å². The molecule has 2 heteroatoms. The smallest absolute Gasteiger partial charge is 0.203 e. The van der Waals surface area contributed by atoms with E-state index in [1.807, 2.05) is 55.5 Å². The molecule has 0 amide bonds. The molecule has 0 spiro atoms. The minimum absolute atomic E-state index is 0.0558. The lowest BCUT2D eigenvalue weighted by molar-refractivity contribution is 0.0825. The third-order valence-electron chi connectivity index (χ3n) is 4.28. The molecular weight excluding hydrogens is 272 g/mol. The molecule has 0 radical (unpaired) electrons. The number of rotatable bonds is 2. The Labute approximate surface area is 129 Å². The summed E-state index contributed by atoms with van der Waals surface area (Å²) in [7, 11) is 0. The highest BCUT2D eigenvalue weighted by Gasteiger charge is 2.30. The van der Waals surface area contributed by atoms with E-state index in [4.69, 9.17) is 4.74 Å². The Kier molecular flexibility index (Phi) is 2.97. The van der Waals surface area contributed by atoms with Gasteiger partial charge in [0, 0.05) is 17.5 Å². The number of ether oxygens (including phenoxy) is 1. The average molecular weight is 288 g/mol. The second-order valence-corrected chi connectivity index (χ2v) is 5.80. The second kappa shape index (κ2) is 4.99. The Morgan fingerprint density at radius 3 is 2.59 bits per heavy atom. The van der Waals surface area contributed by atoms with E-state index in [9.17, 15) is 4.79 Å². The zero-order chi connectivity index (χ0) is 15.1. The fourth-order valence-electron chi connectivity index (χ4n) is 3.07. The van der Waals surface area contributed by atoms with Gasteiger partial charge in [0.15, 0.2) is 6.10 Å². The number of benzene rings is 3. The first-order valence-electron chi connectivity index (χ1n) is 7.50. The van der Waals surface area contributed by atoms with Crippen LogP contribution in [0.2, 0.25) is 0 Å². The van der Waals surface area contributed by atoms with Crippen LogP contribution in [0.4, 0.5) is 0 Å². The number of fused-ring (bicyclic) bond motifs is 3. The molecule has 0 aromatic heterocycles. The van der Waals surface area contributed by atoms with Gasteiger partial charge in [0.1, 0.15) is 5.75 Å². The highest BCUT2D eigenvalue weighted by molar-refractivity contribution is 6.01. The lowest BCUT2D eigenvalue weighted by Gasteiger charge is -2.09.